The Bertz CT molecular complexity index is 551. The van der Waals surface area contributed by atoms with E-state index < -0.39 is 0 Å². The topological polar surface area (TPSA) is 41.1 Å². The van der Waals surface area contributed by atoms with Crippen molar-refractivity contribution in [1.82, 2.24) is 5.32 Å². The summed E-state index contributed by atoms with van der Waals surface area (Å²) in [5.74, 6) is 2.75. The number of benzene rings is 1. The van der Waals surface area contributed by atoms with Crippen molar-refractivity contribution in [3.05, 3.63) is 29.3 Å². The number of halogens is 1. The van der Waals surface area contributed by atoms with Gasteiger partial charge >= 0.3 is 6.03 Å². The minimum atomic E-state index is -0.135. The number of anilines is 1. The summed E-state index contributed by atoms with van der Waals surface area (Å²) in [4.78, 5) is 12.2. The first-order valence-electron chi connectivity index (χ1n) is 8.41. The number of hydrogen-bond acceptors (Lipinski definition) is 1. The van der Waals surface area contributed by atoms with E-state index in [0.717, 1.165) is 24.3 Å². The van der Waals surface area contributed by atoms with Crippen molar-refractivity contribution in [3.63, 3.8) is 0 Å². The van der Waals surface area contributed by atoms with Gasteiger partial charge in [0.1, 0.15) is 0 Å². The van der Waals surface area contributed by atoms with Gasteiger partial charge < -0.3 is 10.6 Å². The Morgan fingerprint density at radius 1 is 1.09 bits per heavy atom. The van der Waals surface area contributed by atoms with Crippen LogP contribution in [0.1, 0.15) is 38.5 Å². The molecule has 22 heavy (non-hydrogen) atoms. The number of carbonyl (C=O) groups is 1. The monoisotopic (exact) mass is 318 g/mol. The van der Waals surface area contributed by atoms with E-state index in [-0.39, 0.29) is 6.03 Å². The molecule has 118 valence electrons. The molecule has 0 atom stereocenters. The molecule has 0 saturated heterocycles. The van der Waals surface area contributed by atoms with Gasteiger partial charge in [-0.3, -0.25) is 0 Å². The number of urea groups is 1. The Morgan fingerprint density at radius 3 is 2.27 bits per heavy atom. The lowest BCUT2D eigenvalue weighted by atomic mass is 9.49. The second-order valence-electron chi connectivity index (χ2n) is 7.71. The highest BCUT2D eigenvalue weighted by Gasteiger charge is 2.50. The van der Waals surface area contributed by atoms with E-state index in [4.69, 9.17) is 11.6 Å². The smallest absolute Gasteiger partial charge is 0.319 e. The van der Waals surface area contributed by atoms with Crippen molar-refractivity contribution in [1.29, 1.82) is 0 Å². The third-order valence-electron chi connectivity index (χ3n) is 5.91. The largest absolute Gasteiger partial charge is 0.337 e. The number of carbonyl (C=O) groups excluding carboxylic acids is 1. The van der Waals surface area contributed by atoms with Crippen LogP contribution in [0.2, 0.25) is 5.02 Å². The second-order valence-corrected chi connectivity index (χ2v) is 8.11. The van der Waals surface area contributed by atoms with Crippen LogP contribution in [0.25, 0.3) is 0 Å². The maximum atomic E-state index is 12.2. The number of rotatable bonds is 3. The van der Waals surface area contributed by atoms with E-state index >= 15 is 0 Å². The second kappa shape index (κ2) is 5.45. The van der Waals surface area contributed by atoms with Gasteiger partial charge in [-0.25, -0.2) is 4.79 Å². The zero-order valence-electron chi connectivity index (χ0n) is 12.8. The summed E-state index contributed by atoms with van der Waals surface area (Å²) in [6, 6.07) is 7.22. The quantitative estimate of drug-likeness (QED) is 0.835. The van der Waals surface area contributed by atoms with Gasteiger partial charge in [0.05, 0.1) is 10.7 Å². The van der Waals surface area contributed by atoms with Crippen LogP contribution in [-0.4, -0.2) is 12.6 Å². The van der Waals surface area contributed by atoms with E-state index in [9.17, 15) is 4.79 Å². The highest BCUT2D eigenvalue weighted by atomic mass is 35.5. The van der Waals surface area contributed by atoms with Crippen LogP contribution in [0.4, 0.5) is 10.5 Å². The molecule has 1 aromatic rings. The molecular formula is C18H23ClN2O. The van der Waals surface area contributed by atoms with E-state index in [0.29, 0.717) is 16.1 Å². The van der Waals surface area contributed by atoms with Gasteiger partial charge in [0.25, 0.3) is 0 Å². The summed E-state index contributed by atoms with van der Waals surface area (Å²) < 4.78 is 0. The van der Waals surface area contributed by atoms with Gasteiger partial charge in [-0.15, -0.1) is 0 Å². The number of para-hydroxylation sites is 1. The van der Waals surface area contributed by atoms with Crippen LogP contribution in [0.5, 0.6) is 0 Å². The third-order valence-corrected chi connectivity index (χ3v) is 6.24. The molecule has 3 nitrogen and oxygen atoms in total. The molecule has 1 aromatic carbocycles. The first-order valence-corrected chi connectivity index (χ1v) is 8.79. The molecule has 4 heteroatoms. The molecule has 4 bridgehead atoms. The van der Waals surface area contributed by atoms with Crippen molar-refractivity contribution in [2.24, 2.45) is 23.2 Å². The summed E-state index contributed by atoms with van der Waals surface area (Å²) in [5, 5.41) is 6.54. The van der Waals surface area contributed by atoms with Gasteiger partial charge in [-0.05, 0) is 73.8 Å². The molecule has 4 saturated carbocycles. The van der Waals surface area contributed by atoms with Crippen LogP contribution in [0, 0.1) is 23.2 Å². The lowest BCUT2D eigenvalue weighted by Crippen LogP contribution is -2.51. The zero-order valence-corrected chi connectivity index (χ0v) is 13.5. The molecule has 0 aromatic heterocycles. The molecule has 2 amide bonds. The van der Waals surface area contributed by atoms with Crippen molar-refractivity contribution in [2.75, 3.05) is 11.9 Å². The van der Waals surface area contributed by atoms with Gasteiger partial charge in [0, 0.05) is 6.54 Å². The Balaban J connectivity index is 1.37. The number of amides is 2. The SMILES string of the molecule is O=C(NCC12CC3CC(CC(C3)C1)C2)Nc1ccccc1Cl. The molecule has 0 heterocycles. The Kier molecular flexibility index (Phi) is 3.56. The molecule has 0 unspecified atom stereocenters. The Morgan fingerprint density at radius 2 is 1.68 bits per heavy atom. The van der Waals surface area contributed by atoms with Crippen LogP contribution >= 0.6 is 11.6 Å². The zero-order chi connectivity index (χ0) is 15.2. The molecule has 4 fully saturated rings. The summed E-state index contributed by atoms with van der Waals surface area (Å²) in [7, 11) is 0. The maximum absolute atomic E-state index is 12.2. The number of nitrogens with one attached hydrogen (secondary N) is 2. The number of hydrogen-bond donors (Lipinski definition) is 2. The molecule has 4 aliphatic rings. The Hall–Kier alpha value is -1.22. The summed E-state index contributed by atoms with van der Waals surface area (Å²) in [6.07, 6.45) is 8.24. The fraction of sp³-hybridized carbons (Fsp3) is 0.611. The van der Waals surface area contributed by atoms with Gasteiger partial charge in [0.2, 0.25) is 0 Å². The van der Waals surface area contributed by atoms with Gasteiger partial charge in [-0.2, -0.15) is 0 Å². The predicted octanol–water partition coefficient (Wildman–Crippen LogP) is 4.68. The summed E-state index contributed by atoms with van der Waals surface area (Å²) in [5.41, 5.74) is 1.04. The lowest BCUT2D eigenvalue weighted by molar-refractivity contribution is -0.0496. The van der Waals surface area contributed by atoms with E-state index in [1.54, 1.807) is 6.07 Å². The molecule has 4 aliphatic carbocycles. The van der Waals surface area contributed by atoms with Crippen LogP contribution in [0.3, 0.4) is 0 Å². The van der Waals surface area contributed by atoms with E-state index in [2.05, 4.69) is 10.6 Å². The summed E-state index contributed by atoms with van der Waals surface area (Å²) >= 11 is 6.08. The highest BCUT2D eigenvalue weighted by molar-refractivity contribution is 6.33. The molecule has 0 spiro atoms. The summed E-state index contributed by atoms with van der Waals surface area (Å²) in [6.45, 7) is 0.812. The average Bonchev–Trinajstić information content (AvgIpc) is 2.46. The average molecular weight is 319 g/mol. The normalized spacial score (nSPS) is 35.4. The van der Waals surface area contributed by atoms with Crippen LogP contribution < -0.4 is 10.6 Å². The Labute approximate surface area is 136 Å². The third kappa shape index (κ3) is 2.71. The first kappa shape index (κ1) is 14.4. The fourth-order valence-electron chi connectivity index (χ4n) is 5.50. The van der Waals surface area contributed by atoms with Crippen molar-refractivity contribution in [2.45, 2.75) is 38.5 Å². The van der Waals surface area contributed by atoms with Crippen LogP contribution in [-0.2, 0) is 0 Å². The first-order chi connectivity index (χ1) is 10.6. The van der Waals surface area contributed by atoms with E-state index in [1.807, 2.05) is 18.2 Å². The minimum absolute atomic E-state index is 0.135. The predicted molar refractivity (Wildman–Crippen MR) is 89.1 cm³/mol. The molecule has 5 rings (SSSR count). The van der Waals surface area contributed by atoms with Gasteiger partial charge in [-0.1, -0.05) is 23.7 Å². The molecule has 0 aliphatic heterocycles. The fourth-order valence-corrected chi connectivity index (χ4v) is 5.69. The van der Waals surface area contributed by atoms with Gasteiger partial charge in [0.15, 0.2) is 0 Å². The molecule has 0 radical (unpaired) electrons. The van der Waals surface area contributed by atoms with Crippen molar-refractivity contribution < 1.29 is 4.79 Å². The molecular weight excluding hydrogens is 296 g/mol. The van der Waals surface area contributed by atoms with Crippen LogP contribution in [0.15, 0.2) is 24.3 Å². The van der Waals surface area contributed by atoms with Crippen molar-refractivity contribution in [3.8, 4) is 0 Å². The molecule has 2 N–H and O–H groups in total. The standard InChI is InChI=1S/C18H23ClN2O/c19-15-3-1-2-4-16(15)21-17(22)20-11-18-8-12-5-13(9-18)7-14(6-12)10-18/h1-4,12-14H,5-11H2,(H2,20,21,22). The minimum Gasteiger partial charge on any atom is -0.337 e. The maximum Gasteiger partial charge on any atom is 0.319 e. The lowest BCUT2D eigenvalue weighted by Gasteiger charge is -2.56. The van der Waals surface area contributed by atoms with Crippen molar-refractivity contribution >= 4 is 23.3 Å². The van der Waals surface area contributed by atoms with E-state index in [1.165, 1.54) is 38.5 Å². The highest BCUT2D eigenvalue weighted by Crippen LogP contribution is 2.59.